The number of aromatic nitrogens is 2. The van der Waals surface area contributed by atoms with E-state index in [2.05, 4.69) is 10.2 Å². The van der Waals surface area contributed by atoms with E-state index >= 15 is 0 Å². The summed E-state index contributed by atoms with van der Waals surface area (Å²) < 4.78 is 19.7. The number of nitrogens with zero attached hydrogens (tertiary/aromatic N) is 3. The van der Waals surface area contributed by atoms with Gasteiger partial charge < -0.3 is 9.30 Å². The predicted molar refractivity (Wildman–Crippen MR) is 68.9 cm³/mol. The molecule has 1 aromatic heterocycles. The molecule has 0 aliphatic heterocycles. The minimum Gasteiger partial charge on any atom is -0.464 e. The smallest absolute Gasteiger partial charge is 0.333 e. The van der Waals surface area contributed by atoms with Crippen LogP contribution < -0.4 is 0 Å². The minimum absolute atomic E-state index is 0.0595. The Morgan fingerprint density at radius 1 is 1.55 bits per heavy atom. The van der Waals surface area contributed by atoms with Gasteiger partial charge in [-0.1, -0.05) is 12.1 Å². The van der Waals surface area contributed by atoms with E-state index in [9.17, 15) is 14.1 Å². The third-order valence-corrected chi connectivity index (χ3v) is 2.65. The average molecular weight is 277 g/mol. The first-order valence-corrected chi connectivity index (χ1v) is 5.94. The molecule has 7 heteroatoms. The standard InChI is InChI=1S/C13H12FN3O3/c1-2-20-13(18)12(9-4-3-5-10(14)6-9)17-7-11(16-19)15-8-17/h3-8,12H,2H2,1H3. The normalized spacial score (nSPS) is 11.9. The number of esters is 1. The predicted octanol–water partition coefficient (Wildman–Crippen LogP) is 2.57. The quantitative estimate of drug-likeness (QED) is 0.622. The first-order valence-electron chi connectivity index (χ1n) is 5.94. The fraction of sp³-hybridized carbons (Fsp3) is 0.231. The molecular weight excluding hydrogens is 265 g/mol. The molecule has 20 heavy (non-hydrogen) atoms. The largest absolute Gasteiger partial charge is 0.464 e. The van der Waals surface area contributed by atoms with Crippen LogP contribution >= 0.6 is 0 Å². The lowest BCUT2D eigenvalue weighted by Gasteiger charge is -2.17. The number of nitroso groups, excluding NO2 is 1. The molecule has 0 spiro atoms. The molecular formula is C13H12FN3O3. The summed E-state index contributed by atoms with van der Waals surface area (Å²) in [5.41, 5.74) is 0.401. The number of ether oxygens (including phenoxy) is 1. The molecule has 0 saturated carbocycles. The van der Waals surface area contributed by atoms with Crippen molar-refractivity contribution in [3.8, 4) is 0 Å². The first kappa shape index (κ1) is 13.9. The Labute approximate surface area is 114 Å². The number of rotatable bonds is 5. The van der Waals surface area contributed by atoms with Crippen LogP contribution in [-0.4, -0.2) is 22.1 Å². The molecule has 0 saturated heterocycles. The lowest BCUT2D eigenvalue weighted by atomic mass is 10.1. The maximum Gasteiger partial charge on any atom is 0.333 e. The molecule has 0 aliphatic carbocycles. The number of hydrogen-bond acceptors (Lipinski definition) is 5. The third kappa shape index (κ3) is 2.87. The van der Waals surface area contributed by atoms with Crippen molar-refractivity contribution in [1.29, 1.82) is 0 Å². The van der Waals surface area contributed by atoms with Crippen LogP contribution in [0.3, 0.4) is 0 Å². The van der Waals surface area contributed by atoms with Gasteiger partial charge in [0.2, 0.25) is 5.82 Å². The van der Waals surface area contributed by atoms with Crippen molar-refractivity contribution in [2.45, 2.75) is 13.0 Å². The Morgan fingerprint density at radius 2 is 2.35 bits per heavy atom. The van der Waals surface area contributed by atoms with Gasteiger partial charge >= 0.3 is 5.97 Å². The van der Waals surface area contributed by atoms with Gasteiger partial charge in [-0.2, -0.15) is 0 Å². The molecule has 0 radical (unpaired) electrons. The number of carbonyl (C=O) groups is 1. The SMILES string of the molecule is CCOC(=O)C(c1cccc(F)c1)n1cnc(N=O)c1. The highest BCUT2D eigenvalue weighted by atomic mass is 19.1. The maximum absolute atomic E-state index is 13.3. The lowest BCUT2D eigenvalue weighted by Crippen LogP contribution is -2.22. The molecule has 0 bridgehead atoms. The molecule has 1 unspecified atom stereocenters. The number of benzene rings is 1. The van der Waals surface area contributed by atoms with Gasteiger partial charge in [-0.05, 0) is 29.8 Å². The second kappa shape index (κ2) is 6.05. The highest BCUT2D eigenvalue weighted by Gasteiger charge is 2.24. The summed E-state index contributed by atoms with van der Waals surface area (Å²) >= 11 is 0. The van der Waals surface area contributed by atoms with E-state index in [0.717, 1.165) is 0 Å². The van der Waals surface area contributed by atoms with E-state index in [1.807, 2.05) is 0 Å². The van der Waals surface area contributed by atoms with Crippen LogP contribution in [0, 0.1) is 10.7 Å². The van der Waals surface area contributed by atoms with Crippen LogP contribution in [0.25, 0.3) is 0 Å². The van der Waals surface area contributed by atoms with Crippen LogP contribution in [-0.2, 0) is 9.53 Å². The number of halogens is 1. The Hall–Kier alpha value is -2.57. The summed E-state index contributed by atoms with van der Waals surface area (Å²) in [6.07, 6.45) is 2.59. The number of hydrogen-bond donors (Lipinski definition) is 0. The fourth-order valence-corrected chi connectivity index (χ4v) is 1.84. The van der Waals surface area contributed by atoms with E-state index in [4.69, 9.17) is 4.74 Å². The molecule has 0 N–H and O–H groups in total. The van der Waals surface area contributed by atoms with Crippen LogP contribution in [0.2, 0.25) is 0 Å². The van der Waals surface area contributed by atoms with Crippen LogP contribution in [0.4, 0.5) is 10.2 Å². The summed E-state index contributed by atoms with van der Waals surface area (Å²) in [4.78, 5) is 26.2. The van der Waals surface area contributed by atoms with Crippen LogP contribution in [0.1, 0.15) is 18.5 Å². The zero-order chi connectivity index (χ0) is 14.5. The third-order valence-electron chi connectivity index (χ3n) is 2.65. The van der Waals surface area contributed by atoms with Crippen molar-refractivity contribution in [2.24, 2.45) is 5.18 Å². The van der Waals surface area contributed by atoms with E-state index in [1.165, 1.54) is 35.3 Å². The molecule has 6 nitrogen and oxygen atoms in total. The molecule has 0 aliphatic rings. The Balaban J connectivity index is 2.43. The molecule has 1 atom stereocenters. The maximum atomic E-state index is 13.3. The Kier molecular flexibility index (Phi) is 4.19. The van der Waals surface area contributed by atoms with Crippen molar-refractivity contribution < 1.29 is 13.9 Å². The van der Waals surface area contributed by atoms with E-state index in [0.29, 0.717) is 5.56 Å². The average Bonchev–Trinajstić information content (AvgIpc) is 2.88. The highest BCUT2D eigenvalue weighted by molar-refractivity contribution is 5.78. The molecule has 0 amide bonds. The summed E-state index contributed by atoms with van der Waals surface area (Å²) in [5, 5.41) is 2.68. The summed E-state index contributed by atoms with van der Waals surface area (Å²) in [6.45, 7) is 1.87. The van der Waals surface area contributed by atoms with Gasteiger partial charge in [-0.25, -0.2) is 14.2 Å². The number of imidazole rings is 1. The number of carbonyl (C=O) groups excluding carboxylic acids is 1. The summed E-state index contributed by atoms with van der Waals surface area (Å²) in [6, 6.07) is 4.69. The zero-order valence-electron chi connectivity index (χ0n) is 10.7. The zero-order valence-corrected chi connectivity index (χ0v) is 10.7. The van der Waals surface area contributed by atoms with Gasteiger partial charge in [-0.3, -0.25) is 0 Å². The lowest BCUT2D eigenvalue weighted by molar-refractivity contribution is -0.145. The first-order chi connectivity index (χ1) is 9.65. The summed E-state index contributed by atoms with van der Waals surface area (Å²) in [5.74, 6) is -1.09. The van der Waals surface area contributed by atoms with Gasteiger partial charge in [0, 0.05) is 0 Å². The molecule has 1 aromatic carbocycles. The van der Waals surface area contributed by atoms with Crippen molar-refractivity contribution in [2.75, 3.05) is 6.61 Å². The van der Waals surface area contributed by atoms with E-state index < -0.39 is 17.8 Å². The second-order valence-electron chi connectivity index (χ2n) is 3.98. The van der Waals surface area contributed by atoms with Crippen molar-refractivity contribution in [1.82, 2.24) is 9.55 Å². The van der Waals surface area contributed by atoms with Gasteiger partial charge in [-0.15, -0.1) is 4.91 Å². The Morgan fingerprint density at radius 3 is 2.95 bits per heavy atom. The second-order valence-corrected chi connectivity index (χ2v) is 3.98. The Bertz CT molecular complexity index is 627. The fourth-order valence-electron chi connectivity index (χ4n) is 1.84. The molecule has 1 heterocycles. The van der Waals surface area contributed by atoms with Crippen molar-refractivity contribution >= 4 is 11.8 Å². The topological polar surface area (TPSA) is 73.6 Å². The van der Waals surface area contributed by atoms with Gasteiger partial charge in [0.05, 0.1) is 19.1 Å². The highest BCUT2D eigenvalue weighted by Crippen LogP contribution is 2.23. The molecule has 0 fully saturated rings. The minimum atomic E-state index is -0.909. The van der Waals surface area contributed by atoms with Gasteiger partial charge in [0.1, 0.15) is 5.82 Å². The molecule has 2 rings (SSSR count). The van der Waals surface area contributed by atoms with Crippen molar-refractivity contribution in [3.63, 3.8) is 0 Å². The van der Waals surface area contributed by atoms with Gasteiger partial charge in [0.15, 0.2) is 6.04 Å². The monoisotopic (exact) mass is 277 g/mol. The van der Waals surface area contributed by atoms with Gasteiger partial charge in [0.25, 0.3) is 0 Å². The molecule has 104 valence electrons. The van der Waals surface area contributed by atoms with E-state index in [-0.39, 0.29) is 12.4 Å². The molecule has 2 aromatic rings. The van der Waals surface area contributed by atoms with Crippen LogP contribution in [0.15, 0.2) is 42.0 Å². The van der Waals surface area contributed by atoms with Crippen LogP contribution in [0.5, 0.6) is 0 Å². The van der Waals surface area contributed by atoms with Crippen molar-refractivity contribution in [3.05, 3.63) is 53.1 Å². The van der Waals surface area contributed by atoms with E-state index in [1.54, 1.807) is 13.0 Å². The summed E-state index contributed by atoms with van der Waals surface area (Å²) in [7, 11) is 0.